The zero-order valence-corrected chi connectivity index (χ0v) is 11.6. The van der Waals surface area contributed by atoms with Gasteiger partial charge in [-0.2, -0.15) is 5.10 Å². The lowest BCUT2D eigenvalue weighted by atomic mass is 10.00. The monoisotopic (exact) mass is 237 g/mol. The van der Waals surface area contributed by atoms with Gasteiger partial charge in [0.25, 0.3) is 0 Å². The van der Waals surface area contributed by atoms with Crippen molar-refractivity contribution in [2.24, 2.45) is 5.92 Å². The molecule has 0 saturated carbocycles. The van der Waals surface area contributed by atoms with Gasteiger partial charge >= 0.3 is 0 Å². The maximum absolute atomic E-state index is 4.60. The minimum Gasteiger partial charge on any atom is -0.311 e. The summed E-state index contributed by atoms with van der Waals surface area (Å²) >= 11 is 0. The predicted octanol–water partition coefficient (Wildman–Crippen LogP) is 3.21. The van der Waals surface area contributed by atoms with E-state index in [9.17, 15) is 0 Å². The molecule has 0 aromatic carbocycles. The van der Waals surface area contributed by atoms with Gasteiger partial charge in [0.05, 0.1) is 5.69 Å². The van der Waals surface area contributed by atoms with Crippen molar-refractivity contribution in [1.29, 1.82) is 0 Å². The van der Waals surface area contributed by atoms with Crippen molar-refractivity contribution in [2.45, 2.75) is 59.5 Å². The molecule has 0 aliphatic heterocycles. The minimum absolute atomic E-state index is 0.779. The van der Waals surface area contributed by atoms with Gasteiger partial charge in [-0.3, -0.25) is 4.68 Å². The SMILES string of the molecule is CCCCC(CC)Cn1ccc(CNCC)n1. The van der Waals surface area contributed by atoms with Crippen molar-refractivity contribution in [2.75, 3.05) is 6.54 Å². The summed E-state index contributed by atoms with van der Waals surface area (Å²) in [6.45, 7) is 9.62. The molecule has 0 fully saturated rings. The molecule has 0 spiro atoms. The van der Waals surface area contributed by atoms with Gasteiger partial charge in [0, 0.05) is 19.3 Å². The number of hydrogen-bond donors (Lipinski definition) is 1. The van der Waals surface area contributed by atoms with E-state index in [0.717, 1.165) is 31.2 Å². The smallest absolute Gasteiger partial charge is 0.0762 e. The lowest BCUT2D eigenvalue weighted by Gasteiger charge is -2.14. The summed E-state index contributed by atoms with van der Waals surface area (Å²) in [7, 11) is 0. The van der Waals surface area contributed by atoms with Crippen molar-refractivity contribution >= 4 is 0 Å². The second-order valence-corrected chi connectivity index (χ2v) is 4.73. The molecular weight excluding hydrogens is 210 g/mol. The van der Waals surface area contributed by atoms with E-state index in [2.05, 4.69) is 48.1 Å². The Morgan fingerprint density at radius 3 is 2.82 bits per heavy atom. The standard InChI is InChI=1S/C14H27N3/c1-4-7-8-13(5-2)12-17-10-9-14(16-17)11-15-6-3/h9-10,13,15H,4-8,11-12H2,1-3H3. The highest BCUT2D eigenvalue weighted by Crippen LogP contribution is 2.14. The van der Waals surface area contributed by atoms with Gasteiger partial charge in [0.2, 0.25) is 0 Å². The van der Waals surface area contributed by atoms with Crippen LogP contribution in [0.1, 0.15) is 52.1 Å². The van der Waals surface area contributed by atoms with Crippen LogP contribution >= 0.6 is 0 Å². The van der Waals surface area contributed by atoms with E-state index in [0.29, 0.717) is 0 Å². The van der Waals surface area contributed by atoms with Crippen LogP contribution in [0, 0.1) is 5.92 Å². The van der Waals surface area contributed by atoms with E-state index in [1.807, 2.05) is 0 Å². The Hall–Kier alpha value is -0.830. The van der Waals surface area contributed by atoms with Crippen LogP contribution in [0.5, 0.6) is 0 Å². The van der Waals surface area contributed by atoms with Crippen molar-refractivity contribution in [3.05, 3.63) is 18.0 Å². The molecule has 0 radical (unpaired) electrons. The first kappa shape index (κ1) is 14.2. The molecule has 1 N–H and O–H groups in total. The first-order valence-electron chi connectivity index (χ1n) is 7.03. The Labute approximate surface area is 106 Å². The molecule has 0 saturated heterocycles. The molecular formula is C14H27N3. The zero-order valence-electron chi connectivity index (χ0n) is 11.6. The van der Waals surface area contributed by atoms with Crippen LogP contribution < -0.4 is 5.32 Å². The van der Waals surface area contributed by atoms with E-state index in [4.69, 9.17) is 0 Å². The zero-order chi connectivity index (χ0) is 12.5. The van der Waals surface area contributed by atoms with Crippen molar-refractivity contribution in [3.63, 3.8) is 0 Å². The van der Waals surface area contributed by atoms with E-state index in [1.165, 1.54) is 25.7 Å². The van der Waals surface area contributed by atoms with Gasteiger partial charge in [-0.15, -0.1) is 0 Å². The van der Waals surface area contributed by atoms with E-state index >= 15 is 0 Å². The fourth-order valence-electron chi connectivity index (χ4n) is 2.03. The Morgan fingerprint density at radius 2 is 2.18 bits per heavy atom. The van der Waals surface area contributed by atoms with Crippen LogP contribution in [0.15, 0.2) is 12.3 Å². The van der Waals surface area contributed by atoms with E-state index in [-0.39, 0.29) is 0 Å². The van der Waals surface area contributed by atoms with Crippen molar-refractivity contribution < 1.29 is 0 Å². The Morgan fingerprint density at radius 1 is 1.35 bits per heavy atom. The molecule has 1 aromatic rings. The van der Waals surface area contributed by atoms with Gasteiger partial charge in [-0.25, -0.2) is 0 Å². The summed E-state index contributed by atoms with van der Waals surface area (Å²) in [5, 5.41) is 7.90. The van der Waals surface area contributed by atoms with Gasteiger partial charge in [-0.1, -0.05) is 40.0 Å². The van der Waals surface area contributed by atoms with Crippen LogP contribution in [-0.2, 0) is 13.1 Å². The van der Waals surface area contributed by atoms with Gasteiger partial charge in [0.15, 0.2) is 0 Å². The van der Waals surface area contributed by atoms with E-state index < -0.39 is 0 Å². The molecule has 1 rings (SSSR count). The average Bonchev–Trinajstić information content (AvgIpc) is 2.79. The summed E-state index contributed by atoms with van der Waals surface area (Å²) in [6, 6.07) is 2.12. The molecule has 0 aliphatic carbocycles. The first-order chi connectivity index (χ1) is 8.30. The lowest BCUT2D eigenvalue weighted by molar-refractivity contribution is 0.371. The molecule has 0 amide bonds. The van der Waals surface area contributed by atoms with Crippen LogP contribution in [-0.4, -0.2) is 16.3 Å². The Balaban J connectivity index is 2.40. The molecule has 1 aromatic heterocycles. The third kappa shape index (κ3) is 5.35. The maximum atomic E-state index is 4.60. The lowest BCUT2D eigenvalue weighted by Crippen LogP contribution is -2.14. The number of unbranched alkanes of at least 4 members (excludes halogenated alkanes) is 1. The Bertz CT molecular complexity index is 293. The molecule has 0 aliphatic rings. The summed E-state index contributed by atoms with van der Waals surface area (Å²) in [6.07, 6.45) is 7.32. The highest BCUT2D eigenvalue weighted by molar-refractivity contribution is 4.98. The highest BCUT2D eigenvalue weighted by Gasteiger charge is 2.07. The Kier molecular flexibility index (Phi) is 6.94. The van der Waals surface area contributed by atoms with Crippen LogP contribution in [0.4, 0.5) is 0 Å². The average molecular weight is 237 g/mol. The number of rotatable bonds is 9. The predicted molar refractivity (Wildman–Crippen MR) is 72.9 cm³/mol. The maximum Gasteiger partial charge on any atom is 0.0762 e. The molecule has 1 heterocycles. The second-order valence-electron chi connectivity index (χ2n) is 4.73. The summed E-state index contributed by atoms with van der Waals surface area (Å²) in [5.41, 5.74) is 1.15. The molecule has 17 heavy (non-hydrogen) atoms. The largest absolute Gasteiger partial charge is 0.311 e. The fourth-order valence-corrected chi connectivity index (χ4v) is 2.03. The molecule has 1 atom stereocenters. The topological polar surface area (TPSA) is 29.9 Å². The molecule has 3 heteroatoms. The number of nitrogens with zero attached hydrogens (tertiary/aromatic N) is 2. The van der Waals surface area contributed by atoms with Crippen LogP contribution in [0.3, 0.4) is 0 Å². The molecule has 0 bridgehead atoms. The number of aromatic nitrogens is 2. The molecule has 98 valence electrons. The second kappa shape index (κ2) is 8.29. The van der Waals surface area contributed by atoms with Crippen molar-refractivity contribution in [1.82, 2.24) is 15.1 Å². The van der Waals surface area contributed by atoms with Crippen LogP contribution in [0.25, 0.3) is 0 Å². The number of nitrogens with one attached hydrogen (secondary N) is 1. The molecule has 3 nitrogen and oxygen atoms in total. The first-order valence-corrected chi connectivity index (χ1v) is 7.03. The van der Waals surface area contributed by atoms with Gasteiger partial charge in [0.1, 0.15) is 0 Å². The molecule has 1 unspecified atom stereocenters. The fraction of sp³-hybridized carbons (Fsp3) is 0.786. The van der Waals surface area contributed by atoms with Crippen LogP contribution in [0.2, 0.25) is 0 Å². The highest BCUT2D eigenvalue weighted by atomic mass is 15.3. The van der Waals surface area contributed by atoms with Gasteiger partial charge in [-0.05, 0) is 24.9 Å². The quantitative estimate of drug-likeness (QED) is 0.714. The minimum atomic E-state index is 0.779. The summed E-state index contributed by atoms with van der Waals surface area (Å²) in [4.78, 5) is 0. The third-order valence-corrected chi connectivity index (χ3v) is 3.24. The summed E-state index contributed by atoms with van der Waals surface area (Å²) in [5.74, 6) is 0.779. The van der Waals surface area contributed by atoms with E-state index in [1.54, 1.807) is 0 Å². The normalized spacial score (nSPS) is 12.9. The third-order valence-electron chi connectivity index (χ3n) is 3.24. The van der Waals surface area contributed by atoms with Crippen molar-refractivity contribution in [3.8, 4) is 0 Å². The number of hydrogen-bond acceptors (Lipinski definition) is 2. The summed E-state index contributed by atoms with van der Waals surface area (Å²) < 4.78 is 2.11. The van der Waals surface area contributed by atoms with Gasteiger partial charge < -0.3 is 5.32 Å².